The van der Waals surface area contributed by atoms with Crippen molar-refractivity contribution in [2.75, 3.05) is 13.1 Å². The summed E-state index contributed by atoms with van der Waals surface area (Å²) < 4.78 is 0. The van der Waals surface area contributed by atoms with Crippen LogP contribution in [0, 0.1) is 0 Å². The Labute approximate surface area is 167 Å². The van der Waals surface area contributed by atoms with Gasteiger partial charge in [-0.3, -0.25) is 19.2 Å². The Kier molecular flexibility index (Phi) is 39.6. The van der Waals surface area contributed by atoms with Gasteiger partial charge in [0.25, 0.3) is 0 Å². The minimum atomic E-state index is -0.724. The van der Waals surface area contributed by atoms with Gasteiger partial charge in [0.1, 0.15) is 0 Å². The maximum Gasteiger partial charge on any atom is 2.00 e. The molecule has 10 N–H and O–H groups in total. The van der Waals surface area contributed by atoms with Crippen molar-refractivity contribution in [2.24, 2.45) is 0 Å². The van der Waals surface area contributed by atoms with Gasteiger partial charge in [-0.2, -0.15) is 0 Å². The molecule has 0 rings (SSSR count). The summed E-state index contributed by atoms with van der Waals surface area (Å²) in [4.78, 5) is 61.4. The van der Waals surface area contributed by atoms with E-state index in [4.69, 9.17) is 0 Å². The predicted octanol–water partition coefficient (Wildman–Crippen LogP) is -4.78. The molecule has 0 heterocycles. The number of nitrogens with zero attached hydrogens (tertiary/aromatic N) is 2. The van der Waals surface area contributed by atoms with E-state index in [0.29, 0.717) is 10.5 Å². The summed E-state index contributed by atoms with van der Waals surface area (Å²) in [7, 11) is 0. The third-order valence-electron chi connectivity index (χ3n) is 1.39. The van der Waals surface area contributed by atoms with Crippen LogP contribution in [-0.4, -0.2) is 97.9 Å². The van der Waals surface area contributed by atoms with Gasteiger partial charge in [0.15, 0.2) is 0 Å². The number of rotatable bonds is 7. The molecule has 0 aliphatic rings. The van der Waals surface area contributed by atoms with Crippen LogP contribution < -0.4 is 0 Å². The standard InChI is InChI=1S/C10H16N2O8.Mg.5H2O.2H/c1-7(13)17-11(18-8(2)14)5-6-12(19-9(3)15)20-10(4)16;;;;;;;;/h5-6H2,1-4H3;;5*1H2;;/q;+2;;;;;;2*-1. The summed E-state index contributed by atoms with van der Waals surface area (Å²) in [6.45, 7) is 3.97. The Morgan fingerprint density at radius 2 is 0.731 bits per heavy atom. The van der Waals surface area contributed by atoms with Gasteiger partial charge in [-0.25, -0.2) is 0 Å². The van der Waals surface area contributed by atoms with Gasteiger partial charge in [-0.05, 0) is 0 Å². The molecule has 0 aliphatic heterocycles. The van der Waals surface area contributed by atoms with Crippen molar-refractivity contribution in [3.05, 3.63) is 0 Å². The predicted molar refractivity (Wildman–Crippen MR) is 86.5 cm³/mol. The van der Waals surface area contributed by atoms with Gasteiger partial charge in [0, 0.05) is 38.1 Å². The van der Waals surface area contributed by atoms with Crippen molar-refractivity contribution in [1.29, 1.82) is 0 Å². The molecule has 0 saturated carbocycles. The van der Waals surface area contributed by atoms with Crippen molar-refractivity contribution < 1.29 is 68.8 Å². The summed E-state index contributed by atoms with van der Waals surface area (Å²) in [6.07, 6.45) is 0. The van der Waals surface area contributed by atoms with Crippen LogP contribution in [0.3, 0.4) is 0 Å². The van der Waals surface area contributed by atoms with Crippen LogP contribution >= 0.6 is 0 Å². The monoisotopic (exact) mass is 408 g/mol. The van der Waals surface area contributed by atoms with E-state index < -0.39 is 23.9 Å². The Balaban J connectivity index is -0.0000000645. The molecule has 0 unspecified atom stereocenters. The van der Waals surface area contributed by atoms with Gasteiger partial charge >= 0.3 is 46.9 Å². The molecule has 15 nitrogen and oxygen atoms in total. The number of hydrogen-bond donors (Lipinski definition) is 0. The second-order valence-corrected chi connectivity index (χ2v) is 3.44. The van der Waals surface area contributed by atoms with Crippen LogP contribution in [-0.2, 0) is 38.5 Å². The number of hydroxylamine groups is 4. The van der Waals surface area contributed by atoms with Crippen molar-refractivity contribution in [3.63, 3.8) is 0 Å². The van der Waals surface area contributed by atoms with E-state index in [-0.39, 0.29) is 66.4 Å². The second kappa shape index (κ2) is 23.4. The van der Waals surface area contributed by atoms with Crippen molar-refractivity contribution >= 4 is 46.9 Å². The van der Waals surface area contributed by atoms with Gasteiger partial charge in [0.05, 0.1) is 13.1 Å². The molecular weight excluding hydrogens is 380 g/mol. The molecule has 0 spiro atoms. The number of carbonyl (C=O) groups is 4. The van der Waals surface area contributed by atoms with Gasteiger partial charge < -0.3 is 49.6 Å². The molecule has 0 atom stereocenters. The molecule has 26 heavy (non-hydrogen) atoms. The molecule has 0 aromatic carbocycles. The van der Waals surface area contributed by atoms with Crippen LogP contribution in [0.2, 0.25) is 0 Å². The summed E-state index contributed by atoms with van der Waals surface area (Å²) in [5.41, 5.74) is 0. The maximum absolute atomic E-state index is 10.8. The molecule has 0 fully saturated rings. The third-order valence-corrected chi connectivity index (χ3v) is 1.39. The van der Waals surface area contributed by atoms with E-state index in [1.807, 2.05) is 0 Å². The molecule has 0 saturated heterocycles. The summed E-state index contributed by atoms with van der Waals surface area (Å²) in [5.74, 6) is -2.90. The second-order valence-electron chi connectivity index (χ2n) is 3.44. The Morgan fingerprint density at radius 3 is 0.846 bits per heavy atom. The fourth-order valence-corrected chi connectivity index (χ4v) is 0.957. The Hall–Kier alpha value is -1.63. The largest absolute Gasteiger partial charge is 2.00 e. The van der Waals surface area contributed by atoms with Gasteiger partial charge in [-0.1, -0.05) is 0 Å². The fourth-order valence-electron chi connectivity index (χ4n) is 0.957. The minimum absolute atomic E-state index is 0. The van der Waals surface area contributed by atoms with Crippen molar-refractivity contribution in [3.8, 4) is 0 Å². The Bertz CT molecular complexity index is 338. The third kappa shape index (κ3) is 27.2. The molecule has 0 radical (unpaired) electrons. The maximum atomic E-state index is 10.8. The molecule has 158 valence electrons. The fraction of sp³-hybridized carbons (Fsp3) is 0.600. The first-order valence-electron chi connectivity index (χ1n) is 5.50. The SMILES string of the molecule is CC(=O)ON(CCN(OC(C)=O)OC(C)=O)OC(C)=O.O.O.O.O.O.[H-].[H-].[Mg+2]. The van der Waals surface area contributed by atoms with Crippen LogP contribution in [0.4, 0.5) is 0 Å². The van der Waals surface area contributed by atoms with Gasteiger partial charge in [0.2, 0.25) is 0 Å². The molecule has 0 aromatic heterocycles. The number of carbonyl (C=O) groups excluding carboxylic acids is 4. The summed E-state index contributed by atoms with van der Waals surface area (Å²) in [5, 5.41) is 1.15. The molecule has 0 bridgehead atoms. The molecule has 0 aliphatic carbocycles. The summed E-state index contributed by atoms with van der Waals surface area (Å²) in [6, 6.07) is 0. The van der Waals surface area contributed by atoms with E-state index in [0.717, 1.165) is 27.7 Å². The van der Waals surface area contributed by atoms with E-state index in [1.54, 1.807) is 0 Å². The zero-order valence-corrected chi connectivity index (χ0v) is 16.2. The van der Waals surface area contributed by atoms with Gasteiger partial charge in [-0.15, -0.1) is 0 Å². The van der Waals surface area contributed by atoms with Crippen LogP contribution in [0.5, 0.6) is 0 Å². The topological polar surface area (TPSA) is 269 Å². The van der Waals surface area contributed by atoms with Crippen LogP contribution in [0.15, 0.2) is 0 Å². The van der Waals surface area contributed by atoms with Crippen molar-refractivity contribution in [2.45, 2.75) is 27.7 Å². The first-order chi connectivity index (χ1) is 9.20. The van der Waals surface area contributed by atoms with E-state index >= 15 is 0 Å². The van der Waals surface area contributed by atoms with E-state index in [1.165, 1.54) is 0 Å². The minimum Gasteiger partial charge on any atom is -1.00 e. The smallest absolute Gasteiger partial charge is 1.00 e. The van der Waals surface area contributed by atoms with Crippen LogP contribution in [0.1, 0.15) is 30.5 Å². The quantitative estimate of drug-likeness (QED) is 0.286. The Morgan fingerprint density at radius 1 is 0.577 bits per heavy atom. The van der Waals surface area contributed by atoms with E-state index in [2.05, 4.69) is 19.4 Å². The number of hydrogen-bond acceptors (Lipinski definition) is 10. The molecular formula is C10H28MgN2O13. The summed E-state index contributed by atoms with van der Waals surface area (Å²) >= 11 is 0. The van der Waals surface area contributed by atoms with Crippen molar-refractivity contribution in [1.82, 2.24) is 10.5 Å². The van der Waals surface area contributed by atoms with Crippen LogP contribution in [0.25, 0.3) is 0 Å². The average Bonchev–Trinajstić information content (AvgIpc) is 2.22. The van der Waals surface area contributed by atoms with E-state index in [9.17, 15) is 19.2 Å². The molecule has 0 aromatic rings. The molecule has 16 heteroatoms. The average molecular weight is 409 g/mol. The zero-order chi connectivity index (χ0) is 15.7. The normalized spacial score (nSPS) is 7.77. The first kappa shape index (κ1) is 44.1. The molecule has 0 amide bonds. The zero-order valence-electron chi connectivity index (χ0n) is 16.8. The first-order valence-corrected chi connectivity index (χ1v) is 5.50.